The fourth-order valence-electron chi connectivity index (χ4n) is 2.79. The van der Waals surface area contributed by atoms with E-state index in [2.05, 4.69) is 5.32 Å². The third-order valence-corrected chi connectivity index (χ3v) is 6.28. The second kappa shape index (κ2) is 11.8. The van der Waals surface area contributed by atoms with Gasteiger partial charge in [0.05, 0.1) is 15.8 Å². The molecule has 1 N–H and O–H groups in total. The van der Waals surface area contributed by atoms with E-state index in [1.807, 2.05) is 32.0 Å². The van der Waals surface area contributed by atoms with Gasteiger partial charge in [-0.15, -0.1) is 11.8 Å². The van der Waals surface area contributed by atoms with Gasteiger partial charge in [-0.25, -0.2) is 0 Å². The first-order valence-corrected chi connectivity index (χ1v) is 11.8. The maximum absolute atomic E-state index is 13.0. The highest BCUT2D eigenvalue weighted by Gasteiger charge is 2.26. The summed E-state index contributed by atoms with van der Waals surface area (Å²) in [6.45, 7) is 5.82. The number of amides is 2. The van der Waals surface area contributed by atoms with Crippen LogP contribution in [0, 0.1) is 0 Å². The Bertz CT molecular complexity index is 892. The first-order valence-electron chi connectivity index (χ1n) is 9.53. The highest BCUT2D eigenvalue weighted by Crippen LogP contribution is 2.25. The first kappa shape index (κ1) is 24.9. The average Bonchev–Trinajstić information content (AvgIpc) is 2.67. The number of hydrogen-bond donors (Lipinski definition) is 1. The summed E-state index contributed by atoms with van der Waals surface area (Å²) in [6, 6.07) is 12.1. The SMILES string of the molecule is CC(C)NC(=O)C(C)N(Cc1cccc(Cl)c1)C(=O)CSCc1ccc(Cl)c(Cl)c1. The summed E-state index contributed by atoms with van der Waals surface area (Å²) in [5.74, 6) is 0.543. The molecular weight excluding hydrogens is 463 g/mol. The van der Waals surface area contributed by atoms with Crippen molar-refractivity contribution in [2.45, 2.75) is 45.2 Å². The highest BCUT2D eigenvalue weighted by atomic mass is 35.5. The Morgan fingerprint density at radius 1 is 1.00 bits per heavy atom. The van der Waals surface area contributed by atoms with Crippen LogP contribution in [-0.2, 0) is 21.9 Å². The van der Waals surface area contributed by atoms with Gasteiger partial charge in [0.1, 0.15) is 6.04 Å². The summed E-state index contributed by atoms with van der Waals surface area (Å²) < 4.78 is 0. The second-order valence-electron chi connectivity index (χ2n) is 7.23. The number of rotatable bonds is 9. The number of hydrogen-bond acceptors (Lipinski definition) is 3. The van der Waals surface area contributed by atoms with E-state index in [9.17, 15) is 9.59 Å². The molecule has 0 radical (unpaired) electrons. The van der Waals surface area contributed by atoms with Crippen molar-refractivity contribution in [1.29, 1.82) is 0 Å². The van der Waals surface area contributed by atoms with Gasteiger partial charge in [-0.3, -0.25) is 9.59 Å². The van der Waals surface area contributed by atoms with E-state index in [0.29, 0.717) is 27.4 Å². The standard InChI is InChI=1S/C22H25Cl3N2O2S/c1-14(2)26-22(29)15(3)27(11-16-5-4-6-18(23)9-16)21(28)13-30-12-17-7-8-19(24)20(25)10-17/h4-10,14-15H,11-13H2,1-3H3,(H,26,29). The lowest BCUT2D eigenvalue weighted by molar-refractivity contribution is -0.138. The summed E-state index contributed by atoms with van der Waals surface area (Å²) in [6.07, 6.45) is 0. The number of nitrogens with one attached hydrogen (secondary N) is 1. The fraction of sp³-hybridized carbons (Fsp3) is 0.364. The van der Waals surface area contributed by atoms with E-state index in [1.165, 1.54) is 11.8 Å². The summed E-state index contributed by atoms with van der Waals surface area (Å²) in [5.41, 5.74) is 1.85. The Kier molecular flexibility index (Phi) is 9.82. The maximum atomic E-state index is 13.0. The smallest absolute Gasteiger partial charge is 0.242 e. The van der Waals surface area contributed by atoms with E-state index in [-0.39, 0.29) is 23.6 Å². The Hall–Kier alpha value is -1.40. The van der Waals surface area contributed by atoms with Crippen LogP contribution in [0.15, 0.2) is 42.5 Å². The number of carbonyl (C=O) groups excluding carboxylic acids is 2. The van der Waals surface area contributed by atoms with Gasteiger partial charge in [0.15, 0.2) is 0 Å². The number of carbonyl (C=O) groups is 2. The van der Waals surface area contributed by atoms with Crippen LogP contribution < -0.4 is 5.32 Å². The minimum absolute atomic E-state index is 0.00731. The third kappa shape index (κ3) is 7.69. The molecule has 0 bridgehead atoms. The van der Waals surface area contributed by atoms with E-state index in [0.717, 1.165) is 11.1 Å². The van der Waals surface area contributed by atoms with Gasteiger partial charge in [0.25, 0.3) is 0 Å². The lowest BCUT2D eigenvalue weighted by Gasteiger charge is -2.29. The normalized spacial score (nSPS) is 12.0. The van der Waals surface area contributed by atoms with Gasteiger partial charge in [-0.2, -0.15) is 0 Å². The molecule has 0 aliphatic rings. The van der Waals surface area contributed by atoms with Crippen LogP contribution in [-0.4, -0.2) is 34.6 Å². The molecule has 0 saturated heterocycles. The molecule has 0 heterocycles. The third-order valence-electron chi connectivity index (χ3n) is 4.32. The molecular formula is C22H25Cl3N2O2S. The van der Waals surface area contributed by atoms with Crippen molar-refractivity contribution < 1.29 is 9.59 Å². The highest BCUT2D eigenvalue weighted by molar-refractivity contribution is 7.99. The van der Waals surface area contributed by atoms with Crippen molar-refractivity contribution in [2.24, 2.45) is 0 Å². The zero-order valence-corrected chi connectivity index (χ0v) is 20.2. The second-order valence-corrected chi connectivity index (χ2v) is 9.47. The van der Waals surface area contributed by atoms with Crippen LogP contribution in [0.1, 0.15) is 31.9 Å². The number of thioether (sulfide) groups is 1. The lowest BCUT2D eigenvalue weighted by atomic mass is 10.1. The Labute approximate surface area is 197 Å². The predicted molar refractivity (Wildman–Crippen MR) is 127 cm³/mol. The maximum Gasteiger partial charge on any atom is 0.242 e. The quantitative estimate of drug-likeness (QED) is 0.485. The Balaban J connectivity index is 2.08. The monoisotopic (exact) mass is 486 g/mol. The summed E-state index contributed by atoms with van der Waals surface area (Å²) in [5, 5.41) is 4.45. The number of benzene rings is 2. The van der Waals surface area contributed by atoms with Gasteiger partial charge in [-0.1, -0.05) is 53.0 Å². The molecule has 1 unspecified atom stereocenters. The lowest BCUT2D eigenvalue weighted by Crippen LogP contribution is -2.49. The van der Waals surface area contributed by atoms with Crippen molar-refractivity contribution >= 4 is 58.4 Å². The molecule has 2 aromatic rings. The average molecular weight is 488 g/mol. The summed E-state index contributed by atoms with van der Waals surface area (Å²) in [4.78, 5) is 27.2. The minimum Gasteiger partial charge on any atom is -0.352 e. The zero-order valence-electron chi connectivity index (χ0n) is 17.1. The summed E-state index contributed by atoms with van der Waals surface area (Å²) in [7, 11) is 0. The van der Waals surface area contributed by atoms with E-state index in [1.54, 1.807) is 36.1 Å². The molecule has 162 valence electrons. The van der Waals surface area contributed by atoms with E-state index in [4.69, 9.17) is 34.8 Å². The van der Waals surface area contributed by atoms with Crippen molar-refractivity contribution in [3.8, 4) is 0 Å². The summed E-state index contributed by atoms with van der Waals surface area (Å²) >= 11 is 19.6. The fourth-order valence-corrected chi connectivity index (χ4v) is 4.18. The molecule has 30 heavy (non-hydrogen) atoms. The number of nitrogens with zero attached hydrogens (tertiary/aromatic N) is 1. The largest absolute Gasteiger partial charge is 0.352 e. The van der Waals surface area contributed by atoms with Crippen LogP contribution in [0.25, 0.3) is 0 Å². The number of halogens is 3. The topological polar surface area (TPSA) is 49.4 Å². The molecule has 0 fully saturated rings. The van der Waals surface area contributed by atoms with Crippen LogP contribution in [0.2, 0.25) is 15.1 Å². The molecule has 2 amide bonds. The van der Waals surface area contributed by atoms with Crippen molar-refractivity contribution in [3.05, 3.63) is 68.7 Å². The van der Waals surface area contributed by atoms with Gasteiger partial charge in [0, 0.05) is 23.4 Å². The molecule has 0 spiro atoms. The van der Waals surface area contributed by atoms with E-state index >= 15 is 0 Å². The van der Waals surface area contributed by atoms with Gasteiger partial charge >= 0.3 is 0 Å². The van der Waals surface area contributed by atoms with Crippen LogP contribution >= 0.6 is 46.6 Å². The van der Waals surface area contributed by atoms with Crippen LogP contribution in [0.4, 0.5) is 0 Å². The molecule has 1 atom stereocenters. The molecule has 8 heteroatoms. The Morgan fingerprint density at radius 2 is 1.73 bits per heavy atom. The predicted octanol–water partition coefficient (Wildman–Crippen LogP) is 5.82. The Morgan fingerprint density at radius 3 is 2.37 bits per heavy atom. The van der Waals surface area contributed by atoms with Crippen LogP contribution in [0.5, 0.6) is 0 Å². The van der Waals surface area contributed by atoms with E-state index < -0.39 is 6.04 Å². The zero-order chi connectivity index (χ0) is 22.3. The first-order chi connectivity index (χ1) is 14.2. The molecule has 0 aliphatic heterocycles. The molecule has 0 saturated carbocycles. The van der Waals surface area contributed by atoms with Gasteiger partial charge in [0.2, 0.25) is 11.8 Å². The van der Waals surface area contributed by atoms with Crippen LogP contribution in [0.3, 0.4) is 0 Å². The molecule has 2 aromatic carbocycles. The van der Waals surface area contributed by atoms with Crippen molar-refractivity contribution in [3.63, 3.8) is 0 Å². The van der Waals surface area contributed by atoms with Crippen molar-refractivity contribution in [2.75, 3.05) is 5.75 Å². The van der Waals surface area contributed by atoms with Gasteiger partial charge < -0.3 is 10.2 Å². The molecule has 0 aliphatic carbocycles. The minimum atomic E-state index is -0.607. The van der Waals surface area contributed by atoms with Gasteiger partial charge in [-0.05, 0) is 56.2 Å². The molecule has 2 rings (SSSR count). The van der Waals surface area contributed by atoms with Crippen molar-refractivity contribution in [1.82, 2.24) is 10.2 Å². The molecule has 4 nitrogen and oxygen atoms in total. The molecule has 0 aromatic heterocycles.